The maximum Gasteiger partial charge on any atom is 0.253 e. The summed E-state index contributed by atoms with van der Waals surface area (Å²) in [4.78, 5) is 28.4. The Hall–Kier alpha value is -1.87. The fourth-order valence-corrected chi connectivity index (χ4v) is 3.85. The second kappa shape index (κ2) is 7.80. The lowest BCUT2D eigenvalue weighted by Gasteiger charge is -2.37. The van der Waals surface area contributed by atoms with Gasteiger partial charge in [-0.05, 0) is 12.8 Å². The van der Waals surface area contributed by atoms with E-state index < -0.39 is 0 Å². The lowest BCUT2D eigenvalue weighted by molar-refractivity contribution is 0.263. The summed E-state index contributed by atoms with van der Waals surface area (Å²) in [6, 6.07) is 2.49. The number of hydrogen-bond acceptors (Lipinski definition) is 6. The standard InChI is InChI=1S/C18H26N4O2/c19-8-5-9-21-10-12-22(13-11-21)16-15(17(23)18(16)24)20-14-6-3-1-2-4-7-14/h14,20H,1-7,9-13H2. The highest BCUT2D eigenvalue weighted by Gasteiger charge is 2.29. The van der Waals surface area contributed by atoms with E-state index in [0.717, 1.165) is 45.6 Å². The zero-order valence-electron chi connectivity index (χ0n) is 14.2. The minimum atomic E-state index is -0.346. The van der Waals surface area contributed by atoms with Crippen molar-refractivity contribution in [3.63, 3.8) is 0 Å². The van der Waals surface area contributed by atoms with Gasteiger partial charge in [0.2, 0.25) is 0 Å². The lowest BCUT2D eigenvalue weighted by Crippen LogP contribution is -2.52. The molecule has 0 aromatic heterocycles. The van der Waals surface area contributed by atoms with Crippen molar-refractivity contribution in [1.29, 1.82) is 5.26 Å². The Bertz CT molecular complexity index is 655. The van der Waals surface area contributed by atoms with Crippen LogP contribution in [0.2, 0.25) is 0 Å². The van der Waals surface area contributed by atoms with Gasteiger partial charge >= 0.3 is 0 Å². The molecule has 0 atom stereocenters. The van der Waals surface area contributed by atoms with Crippen molar-refractivity contribution in [2.24, 2.45) is 0 Å². The Labute approximate surface area is 142 Å². The predicted octanol–water partition coefficient (Wildman–Crippen LogP) is 1.45. The third-order valence-electron chi connectivity index (χ3n) is 5.32. The van der Waals surface area contributed by atoms with Gasteiger partial charge in [0.1, 0.15) is 11.4 Å². The number of nitriles is 1. The average molecular weight is 330 g/mol. The van der Waals surface area contributed by atoms with Crippen molar-refractivity contribution in [3.05, 3.63) is 20.4 Å². The van der Waals surface area contributed by atoms with E-state index in [0.29, 0.717) is 23.8 Å². The molecule has 0 radical (unpaired) electrons. The monoisotopic (exact) mass is 330 g/mol. The van der Waals surface area contributed by atoms with Crippen molar-refractivity contribution < 1.29 is 0 Å². The maximum atomic E-state index is 12.1. The summed E-state index contributed by atoms with van der Waals surface area (Å²) < 4.78 is 0. The first kappa shape index (κ1) is 17.0. The van der Waals surface area contributed by atoms with Crippen LogP contribution in [0.15, 0.2) is 9.59 Å². The number of anilines is 2. The van der Waals surface area contributed by atoms with Crippen molar-refractivity contribution >= 4 is 11.4 Å². The zero-order valence-corrected chi connectivity index (χ0v) is 14.2. The highest BCUT2D eigenvalue weighted by Crippen LogP contribution is 2.26. The zero-order chi connectivity index (χ0) is 16.9. The van der Waals surface area contributed by atoms with Crippen LogP contribution in [-0.2, 0) is 0 Å². The van der Waals surface area contributed by atoms with E-state index in [1.54, 1.807) is 0 Å². The van der Waals surface area contributed by atoms with Gasteiger partial charge < -0.3 is 10.2 Å². The summed E-state index contributed by atoms with van der Waals surface area (Å²) in [5, 5.41) is 12.1. The van der Waals surface area contributed by atoms with E-state index in [2.05, 4.69) is 16.3 Å². The van der Waals surface area contributed by atoms with Crippen LogP contribution in [0, 0.1) is 11.3 Å². The molecule has 0 amide bonds. The number of nitrogens with zero attached hydrogens (tertiary/aromatic N) is 3. The Morgan fingerprint density at radius 3 is 2.29 bits per heavy atom. The van der Waals surface area contributed by atoms with Gasteiger partial charge in [-0.25, -0.2) is 0 Å². The van der Waals surface area contributed by atoms with E-state index in [1.807, 2.05) is 4.90 Å². The van der Waals surface area contributed by atoms with Crippen LogP contribution < -0.4 is 21.1 Å². The number of hydrogen-bond donors (Lipinski definition) is 1. The van der Waals surface area contributed by atoms with Crippen molar-refractivity contribution in [2.75, 3.05) is 42.9 Å². The second-order valence-electron chi connectivity index (χ2n) is 6.95. The predicted molar refractivity (Wildman–Crippen MR) is 95.3 cm³/mol. The van der Waals surface area contributed by atoms with E-state index in [1.165, 1.54) is 25.7 Å². The van der Waals surface area contributed by atoms with E-state index in [4.69, 9.17) is 5.26 Å². The summed E-state index contributed by atoms with van der Waals surface area (Å²) >= 11 is 0. The highest BCUT2D eigenvalue weighted by atomic mass is 16.2. The molecule has 6 nitrogen and oxygen atoms in total. The van der Waals surface area contributed by atoms with Gasteiger partial charge in [-0.15, -0.1) is 0 Å². The van der Waals surface area contributed by atoms with Crippen LogP contribution in [0.4, 0.5) is 11.4 Å². The van der Waals surface area contributed by atoms with Crippen molar-refractivity contribution in [3.8, 4) is 6.07 Å². The SMILES string of the molecule is N#CCCN1CCN(c2c(NC3CCCCCC3)c(=O)c2=O)CC1. The van der Waals surface area contributed by atoms with Crippen LogP contribution in [0.25, 0.3) is 0 Å². The van der Waals surface area contributed by atoms with Gasteiger partial charge in [-0.1, -0.05) is 25.7 Å². The Morgan fingerprint density at radius 2 is 1.67 bits per heavy atom. The number of piperazine rings is 1. The molecule has 0 unspecified atom stereocenters. The first-order valence-electron chi connectivity index (χ1n) is 9.15. The van der Waals surface area contributed by atoms with Gasteiger partial charge in [0.25, 0.3) is 10.9 Å². The summed E-state index contributed by atoms with van der Waals surface area (Å²) in [6.07, 6.45) is 7.62. The van der Waals surface area contributed by atoms with Crippen LogP contribution in [0.3, 0.4) is 0 Å². The van der Waals surface area contributed by atoms with Crippen LogP contribution >= 0.6 is 0 Å². The largest absolute Gasteiger partial charge is 0.377 e. The van der Waals surface area contributed by atoms with Gasteiger partial charge in [-0.2, -0.15) is 5.26 Å². The van der Waals surface area contributed by atoms with E-state index in [9.17, 15) is 9.59 Å². The van der Waals surface area contributed by atoms with Gasteiger partial charge in [0.15, 0.2) is 0 Å². The molecule has 1 N–H and O–H groups in total. The van der Waals surface area contributed by atoms with Gasteiger partial charge in [0, 0.05) is 45.2 Å². The third kappa shape index (κ3) is 3.62. The average Bonchev–Trinajstić information content (AvgIpc) is 2.89. The molecule has 1 aromatic rings. The van der Waals surface area contributed by atoms with E-state index >= 15 is 0 Å². The first-order chi connectivity index (χ1) is 11.7. The number of rotatable bonds is 5. The molecule has 3 rings (SSSR count). The maximum absolute atomic E-state index is 12.1. The minimum absolute atomic E-state index is 0.325. The molecule has 1 heterocycles. The Kier molecular flexibility index (Phi) is 5.52. The molecule has 24 heavy (non-hydrogen) atoms. The summed E-state index contributed by atoms with van der Waals surface area (Å²) in [5.41, 5.74) is 0.472. The van der Waals surface area contributed by atoms with Gasteiger partial charge in [0.05, 0.1) is 6.07 Å². The molecule has 1 aliphatic heterocycles. The molecule has 6 heteroatoms. The lowest BCUT2D eigenvalue weighted by atomic mass is 10.1. The molecule has 130 valence electrons. The quantitative estimate of drug-likeness (QED) is 0.650. The molecule has 2 fully saturated rings. The highest BCUT2D eigenvalue weighted by molar-refractivity contribution is 5.75. The first-order valence-corrected chi connectivity index (χ1v) is 9.15. The topological polar surface area (TPSA) is 76.4 Å². The molecule has 1 saturated carbocycles. The summed E-state index contributed by atoms with van der Waals surface area (Å²) in [5.74, 6) is 0. The molecule has 0 bridgehead atoms. The van der Waals surface area contributed by atoms with Crippen LogP contribution in [0.1, 0.15) is 44.9 Å². The second-order valence-corrected chi connectivity index (χ2v) is 6.95. The smallest absolute Gasteiger partial charge is 0.253 e. The van der Waals surface area contributed by atoms with Crippen molar-refractivity contribution in [2.45, 2.75) is 51.0 Å². The van der Waals surface area contributed by atoms with Gasteiger partial charge in [-0.3, -0.25) is 14.5 Å². The van der Waals surface area contributed by atoms with Crippen LogP contribution in [-0.4, -0.2) is 43.7 Å². The molecule has 2 aliphatic rings. The number of nitrogens with one attached hydrogen (secondary N) is 1. The normalized spacial score (nSPS) is 20.7. The molecule has 0 spiro atoms. The fraction of sp³-hybridized carbons (Fsp3) is 0.722. The summed E-state index contributed by atoms with van der Waals surface area (Å²) in [7, 11) is 0. The minimum Gasteiger partial charge on any atom is -0.377 e. The molecule has 1 aliphatic carbocycles. The van der Waals surface area contributed by atoms with Crippen molar-refractivity contribution in [1.82, 2.24) is 4.90 Å². The molecule has 1 aromatic carbocycles. The van der Waals surface area contributed by atoms with E-state index in [-0.39, 0.29) is 10.9 Å². The summed E-state index contributed by atoms with van der Waals surface area (Å²) in [6.45, 7) is 3.95. The Morgan fingerprint density at radius 1 is 1.00 bits per heavy atom. The Balaban J connectivity index is 1.63. The molecular weight excluding hydrogens is 304 g/mol. The van der Waals surface area contributed by atoms with Crippen LogP contribution in [0.5, 0.6) is 0 Å². The molecule has 1 saturated heterocycles. The third-order valence-corrected chi connectivity index (χ3v) is 5.32. The molecular formula is C18H26N4O2. The fourth-order valence-electron chi connectivity index (χ4n) is 3.85.